The zero-order valence-electron chi connectivity index (χ0n) is 6.80. The zero-order valence-corrected chi connectivity index (χ0v) is 9.90. The van der Waals surface area contributed by atoms with Gasteiger partial charge in [-0.05, 0) is 28.1 Å². The quantitative estimate of drug-likeness (QED) is 0.778. The third-order valence-electron chi connectivity index (χ3n) is 1.70. The Bertz CT molecular complexity index is 470. The van der Waals surface area contributed by atoms with E-state index >= 15 is 0 Å². The molecular formula is C9H4BrCl2NO. The van der Waals surface area contributed by atoms with E-state index in [4.69, 9.17) is 27.7 Å². The Hall–Kier alpha value is -0.510. The van der Waals surface area contributed by atoms with Crippen molar-refractivity contribution in [2.75, 3.05) is 0 Å². The lowest BCUT2D eigenvalue weighted by Gasteiger charge is -1.96. The van der Waals surface area contributed by atoms with Crippen LogP contribution in [0, 0.1) is 0 Å². The fraction of sp³-hybridized carbons (Fsp3) is 0. The van der Waals surface area contributed by atoms with Gasteiger partial charge in [0.1, 0.15) is 10.7 Å². The van der Waals surface area contributed by atoms with Crippen molar-refractivity contribution in [2.24, 2.45) is 0 Å². The monoisotopic (exact) mass is 291 g/mol. The molecule has 0 aliphatic rings. The van der Waals surface area contributed by atoms with Gasteiger partial charge in [0.2, 0.25) is 4.67 Å². The molecule has 14 heavy (non-hydrogen) atoms. The first-order chi connectivity index (χ1) is 6.68. The van der Waals surface area contributed by atoms with Gasteiger partial charge in [-0.3, -0.25) is 0 Å². The summed E-state index contributed by atoms with van der Waals surface area (Å²) in [6.45, 7) is 0. The number of benzene rings is 1. The van der Waals surface area contributed by atoms with Crippen molar-refractivity contribution in [3.05, 3.63) is 39.0 Å². The highest BCUT2D eigenvalue weighted by molar-refractivity contribution is 9.10. The van der Waals surface area contributed by atoms with Crippen molar-refractivity contribution in [1.82, 2.24) is 5.16 Å². The first kappa shape index (κ1) is 10.0. The Morgan fingerprint density at radius 2 is 2.07 bits per heavy atom. The van der Waals surface area contributed by atoms with E-state index in [0.717, 1.165) is 5.56 Å². The molecule has 0 spiro atoms. The van der Waals surface area contributed by atoms with Crippen LogP contribution in [0.4, 0.5) is 0 Å². The maximum Gasteiger partial charge on any atom is 0.221 e. The van der Waals surface area contributed by atoms with Gasteiger partial charge in [0, 0.05) is 10.6 Å². The third kappa shape index (κ3) is 1.80. The standard InChI is InChI=1S/C9H4BrCl2NO/c10-9-7(12)8(13-14-9)5-2-1-3-6(11)4-5/h1-4H. The summed E-state index contributed by atoms with van der Waals surface area (Å²) in [5.41, 5.74) is 1.41. The molecule has 0 atom stereocenters. The van der Waals surface area contributed by atoms with E-state index in [-0.39, 0.29) is 0 Å². The summed E-state index contributed by atoms with van der Waals surface area (Å²) in [5.74, 6) is 0. The number of hydrogen-bond donors (Lipinski definition) is 0. The fourth-order valence-corrected chi connectivity index (χ4v) is 1.70. The van der Waals surface area contributed by atoms with Gasteiger partial charge in [0.15, 0.2) is 0 Å². The number of nitrogens with zero attached hydrogens (tertiary/aromatic N) is 1. The highest BCUT2D eigenvalue weighted by Gasteiger charge is 2.13. The Kier molecular flexibility index (Phi) is 2.81. The SMILES string of the molecule is Clc1cccc(-c2noc(Br)c2Cl)c1. The zero-order chi connectivity index (χ0) is 10.1. The first-order valence-electron chi connectivity index (χ1n) is 3.75. The molecule has 72 valence electrons. The van der Waals surface area contributed by atoms with Gasteiger partial charge in [0.05, 0.1) is 0 Å². The van der Waals surface area contributed by atoms with Crippen LogP contribution >= 0.6 is 39.1 Å². The molecule has 0 amide bonds. The van der Waals surface area contributed by atoms with Crippen LogP contribution in [-0.4, -0.2) is 5.16 Å². The largest absolute Gasteiger partial charge is 0.347 e. The van der Waals surface area contributed by atoms with Crippen LogP contribution in [-0.2, 0) is 0 Å². The maximum absolute atomic E-state index is 5.95. The molecule has 0 saturated carbocycles. The van der Waals surface area contributed by atoms with Crippen molar-refractivity contribution in [1.29, 1.82) is 0 Å². The Labute approximate surface area is 98.9 Å². The summed E-state index contributed by atoms with van der Waals surface area (Å²) in [6.07, 6.45) is 0. The van der Waals surface area contributed by atoms with Gasteiger partial charge in [-0.15, -0.1) is 0 Å². The lowest BCUT2D eigenvalue weighted by molar-refractivity contribution is 0.402. The molecular weight excluding hydrogens is 289 g/mol. The highest BCUT2D eigenvalue weighted by Crippen LogP contribution is 2.33. The van der Waals surface area contributed by atoms with Crippen LogP contribution in [0.3, 0.4) is 0 Å². The topological polar surface area (TPSA) is 26.0 Å². The Morgan fingerprint density at radius 1 is 1.29 bits per heavy atom. The molecule has 0 radical (unpaired) electrons. The summed E-state index contributed by atoms with van der Waals surface area (Å²) < 4.78 is 5.31. The van der Waals surface area contributed by atoms with Crippen LogP contribution in [0.25, 0.3) is 11.3 Å². The summed E-state index contributed by atoms with van der Waals surface area (Å²) in [4.78, 5) is 0. The van der Waals surface area contributed by atoms with Crippen LogP contribution in [0.15, 0.2) is 33.5 Å². The van der Waals surface area contributed by atoms with Crippen molar-refractivity contribution in [3.8, 4) is 11.3 Å². The third-order valence-corrected chi connectivity index (χ3v) is 3.05. The van der Waals surface area contributed by atoms with E-state index in [1.165, 1.54) is 0 Å². The van der Waals surface area contributed by atoms with Crippen LogP contribution in [0.2, 0.25) is 10.0 Å². The van der Waals surface area contributed by atoms with E-state index < -0.39 is 0 Å². The lowest BCUT2D eigenvalue weighted by Crippen LogP contribution is -1.77. The second-order valence-corrected chi connectivity index (χ2v) is 4.16. The van der Waals surface area contributed by atoms with Crippen molar-refractivity contribution in [3.63, 3.8) is 0 Å². The van der Waals surface area contributed by atoms with Crippen molar-refractivity contribution in [2.45, 2.75) is 0 Å². The van der Waals surface area contributed by atoms with E-state index in [1.807, 2.05) is 12.1 Å². The fourth-order valence-electron chi connectivity index (χ4n) is 1.07. The van der Waals surface area contributed by atoms with Gasteiger partial charge >= 0.3 is 0 Å². The molecule has 2 aromatic rings. The van der Waals surface area contributed by atoms with Crippen molar-refractivity contribution >= 4 is 39.1 Å². The molecule has 0 unspecified atom stereocenters. The normalized spacial score (nSPS) is 10.5. The Morgan fingerprint density at radius 3 is 2.64 bits per heavy atom. The average Bonchev–Trinajstić information content (AvgIpc) is 2.48. The second kappa shape index (κ2) is 3.93. The molecule has 1 aromatic heterocycles. The Balaban J connectivity index is 2.55. The number of hydrogen-bond acceptors (Lipinski definition) is 2. The predicted molar refractivity (Wildman–Crippen MR) is 59.7 cm³/mol. The molecule has 1 heterocycles. The summed E-state index contributed by atoms with van der Waals surface area (Å²) in [5, 5.41) is 4.90. The smallest absolute Gasteiger partial charge is 0.221 e. The van der Waals surface area contributed by atoms with E-state index in [2.05, 4.69) is 21.1 Å². The summed E-state index contributed by atoms with van der Waals surface area (Å²) in [7, 11) is 0. The number of aromatic nitrogens is 1. The van der Waals surface area contributed by atoms with Crippen molar-refractivity contribution < 1.29 is 4.52 Å². The average molecular weight is 293 g/mol. The molecule has 2 nitrogen and oxygen atoms in total. The molecule has 0 N–H and O–H groups in total. The second-order valence-electron chi connectivity index (χ2n) is 2.63. The molecule has 2 rings (SSSR count). The van der Waals surface area contributed by atoms with E-state index in [0.29, 0.717) is 20.4 Å². The van der Waals surface area contributed by atoms with Gasteiger partial charge in [-0.2, -0.15) is 0 Å². The minimum Gasteiger partial charge on any atom is -0.347 e. The molecule has 0 saturated heterocycles. The molecule has 0 aliphatic carbocycles. The molecule has 0 aliphatic heterocycles. The molecule has 1 aromatic carbocycles. The van der Waals surface area contributed by atoms with Crippen LogP contribution < -0.4 is 0 Å². The molecule has 0 fully saturated rings. The van der Waals surface area contributed by atoms with Gasteiger partial charge < -0.3 is 4.52 Å². The van der Waals surface area contributed by atoms with E-state index in [9.17, 15) is 0 Å². The van der Waals surface area contributed by atoms with Gasteiger partial charge in [-0.25, -0.2) is 0 Å². The maximum atomic E-state index is 5.95. The van der Waals surface area contributed by atoms with E-state index in [1.54, 1.807) is 12.1 Å². The minimum absolute atomic E-state index is 0.425. The minimum atomic E-state index is 0.425. The summed E-state index contributed by atoms with van der Waals surface area (Å²) >= 11 is 14.9. The number of halogens is 3. The van der Waals surface area contributed by atoms with Crippen LogP contribution in [0.1, 0.15) is 0 Å². The summed E-state index contributed by atoms with van der Waals surface area (Å²) in [6, 6.07) is 7.25. The predicted octanol–water partition coefficient (Wildman–Crippen LogP) is 4.41. The molecule has 5 heteroatoms. The van der Waals surface area contributed by atoms with Crippen LogP contribution in [0.5, 0.6) is 0 Å². The molecule has 0 bridgehead atoms. The number of rotatable bonds is 1. The highest BCUT2D eigenvalue weighted by atomic mass is 79.9. The van der Waals surface area contributed by atoms with Gasteiger partial charge in [-0.1, -0.05) is 40.5 Å². The lowest BCUT2D eigenvalue weighted by atomic mass is 10.2. The first-order valence-corrected chi connectivity index (χ1v) is 5.30. The van der Waals surface area contributed by atoms with Gasteiger partial charge in [0.25, 0.3) is 0 Å².